The van der Waals surface area contributed by atoms with Gasteiger partial charge < -0.3 is 9.84 Å². The summed E-state index contributed by atoms with van der Waals surface area (Å²) in [6.07, 6.45) is -4.12. The monoisotopic (exact) mass is 361 g/mol. The zero-order chi connectivity index (χ0) is 18.7. The fourth-order valence-corrected chi connectivity index (χ4v) is 2.38. The van der Waals surface area contributed by atoms with Crippen LogP contribution in [0.5, 0.6) is 0 Å². The molecular formula is C18H14F3N3O2. The number of nitrogens with zero attached hydrogens (tertiary/aromatic N) is 2. The first-order chi connectivity index (χ1) is 12.3. The van der Waals surface area contributed by atoms with Crippen LogP contribution >= 0.6 is 0 Å². The number of nitrogens with one attached hydrogen (secondary N) is 1. The van der Waals surface area contributed by atoms with Crippen molar-refractivity contribution in [1.29, 1.82) is 0 Å². The van der Waals surface area contributed by atoms with Crippen LogP contribution in [0.4, 0.5) is 18.9 Å². The lowest BCUT2D eigenvalue weighted by molar-refractivity contribution is -0.137. The molecule has 0 aliphatic heterocycles. The minimum atomic E-state index is -4.44. The van der Waals surface area contributed by atoms with Crippen LogP contribution in [-0.2, 0) is 12.6 Å². The van der Waals surface area contributed by atoms with Crippen molar-refractivity contribution < 1.29 is 22.5 Å². The molecule has 0 fully saturated rings. The van der Waals surface area contributed by atoms with Gasteiger partial charge in [-0.3, -0.25) is 4.79 Å². The summed E-state index contributed by atoms with van der Waals surface area (Å²) in [6, 6.07) is 11.1. The second-order valence-electron chi connectivity index (χ2n) is 5.60. The number of rotatable bonds is 4. The summed E-state index contributed by atoms with van der Waals surface area (Å²) in [6.45, 7) is 1.70. The number of aryl methyl sites for hydroxylation is 1. The molecule has 1 heterocycles. The van der Waals surface area contributed by atoms with Gasteiger partial charge in [0.2, 0.25) is 5.89 Å². The van der Waals surface area contributed by atoms with Crippen molar-refractivity contribution >= 4 is 11.6 Å². The van der Waals surface area contributed by atoms with Crippen LogP contribution in [0.3, 0.4) is 0 Å². The third-order valence-electron chi connectivity index (χ3n) is 3.65. The highest BCUT2D eigenvalue weighted by atomic mass is 19.4. The first-order valence-electron chi connectivity index (χ1n) is 7.68. The summed E-state index contributed by atoms with van der Waals surface area (Å²) in [5.41, 5.74) is 0.590. The van der Waals surface area contributed by atoms with E-state index in [1.54, 1.807) is 31.2 Å². The van der Waals surface area contributed by atoms with Crippen LogP contribution in [-0.4, -0.2) is 16.0 Å². The summed E-state index contributed by atoms with van der Waals surface area (Å²) >= 11 is 0. The van der Waals surface area contributed by atoms with Crippen molar-refractivity contribution in [2.24, 2.45) is 0 Å². The van der Waals surface area contributed by atoms with E-state index < -0.39 is 17.6 Å². The number of hydrogen-bond donors (Lipinski definition) is 1. The van der Waals surface area contributed by atoms with Gasteiger partial charge in [-0.05, 0) is 42.8 Å². The smallest absolute Gasteiger partial charge is 0.339 e. The maximum atomic E-state index is 12.6. The zero-order valence-electron chi connectivity index (χ0n) is 13.7. The Morgan fingerprint density at radius 3 is 2.42 bits per heavy atom. The fraction of sp³-hybridized carbons (Fsp3) is 0.167. The number of para-hydroxylation sites is 1. The Balaban J connectivity index is 1.77. The molecular weight excluding hydrogens is 347 g/mol. The minimum absolute atomic E-state index is 0.126. The van der Waals surface area contributed by atoms with E-state index in [1.807, 2.05) is 0 Å². The number of alkyl halides is 3. The zero-order valence-corrected chi connectivity index (χ0v) is 13.7. The second-order valence-corrected chi connectivity index (χ2v) is 5.60. The molecule has 3 rings (SSSR count). The average Bonchev–Trinajstić information content (AvgIpc) is 3.01. The topological polar surface area (TPSA) is 68.0 Å². The molecule has 0 aliphatic rings. The molecule has 0 spiro atoms. The largest absolute Gasteiger partial charge is 0.416 e. The molecule has 0 aliphatic carbocycles. The van der Waals surface area contributed by atoms with Gasteiger partial charge >= 0.3 is 6.18 Å². The maximum Gasteiger partial charge on any atom is 0.416 e. The number of amides is 1. The highest BCUT2D eigenvalue weighted by molar-refractivity contribution is 6.04. The number of anilines is 1. The molecule has 0 bridgehead atoms. The predicted octanol–water partition coefficient (Wildman–Crippen LogP) is 4.24. The Labute approximate surface area is 146 Å². The molecule has 1 aromatic heterocycles. The molecule has 2 aromatic carbocycles. The summed E-state index contributed by atoms with van der Waals surface area (Å²) in [7, 11) is 0. The Kier molecular flexibility index (Phi) is 4.75. The molecule has 3 aromatic rings. The van der Waals surface area contributed by atoms with Crippen LogP contribution in [0.2, 0.25) is 0 Å². The van der Waals surface area contributed by atoms with Gasteiger partial charge in [0.05, 0.1) is 12.0 Å². The van der Waals surface area contributed by atoms with Gasteiger partial charge in [-0.15, -0.1) is 0 Å². The minimum Gasteiger partial charge on any atom is -0.339 e. The Morgan fingerprint density at radius 1 is 1.12 bits per heavy atom. The van der Waals surface area contributed by atoms with Crippen LogP contribution in [0.25, 0.3) is 0 Å². The van der Waals surface area contributed by atoms with E-state index in [0.717, 1.165) is 29.8 Å². The van der Waals surface area contributed by atoms with Crippen LogP contribution in [0.1, 0.15) is 33.2 Å². The molecule has 0 saturated carbocycles. The van der Waals surface area contributed by atoms with Crippen molar-refractivity contribution in [3.05, 3.63) is 76.9 Å². The van der Waals surface area contributed by atoms with Crippen LogP contribution in [0, 0.1) is 6.92 Å². The lowest BCUT2D eigenvalue weighted by Gasteiger charge is -2.11. The van der Waals surface area contributed by atoms with Gasteiger partial charge in [-0.25, -0.2) is 0 Å². The SMILES string of the molecule is Cc1noc(Cc2ccccc2NC(=O)c2ccc(C(F)(F)F)cc2)n1. The average molecular weight is 361 g/mol. The van der Waals surface area contributed by atoms with Gasteiger partial charge in [-0.1, -0.05) is 23.4 Å². The molecule has 0 radical (unpaired) electrons. The molecule has 1 amide bonds. The number of hydrogen-bond acceptors (Lipinski definition) is 4. The van der Waals surface area contributed by atoms with Crippen LogP contribution in [0.15, 0.2) is 53.1 Å². The van der Waals surface area contributed by atoms with E-state index in [2.05, 4.69) is 15.5 Å². The van der Waals surface area contributed by atoms with Crippen molar-refractivity contribution in [3.63, 3.8) is 0 Å². The highest BCUT2D eigenvalue weighted by Crippen LogP contribution is 2.29. The maximum absolute atomic E-state index is 12.6. The van der Waals surface area contributed by atoms with Gasteiger partial charge in [0.15, 0.2) is 5.82 Å². The van der Waals surface area contributed by atoms with Gasteiger partial charge in [-0.2, -0.15) is 18.2 Å². The van der Waals surface area contributed by atoms with Crippen molar-refractivity contribution in [1.82, 2.24) is 10.1 Å². The third-order valence-corrected chi connectivity index (χ3v) is 3.65. The van der Waals surface area contributed by atoms with Gasteiger partial charge in [0.1, 0.15) is 0 Å². The number of carbonyl (C=O) groups is 1. The van der Waals surface area contributed by atoms with E-state index in [4.69, 9.17) is 4.52 Å². The van der Waals surface area contributed by atoms with E-state index in [1.165, 1.54) is 0 Å². The third kappa shape index (κ3) is 4.08. The lowest BCUT2D eigenvalue weighted by atomic mass is 10.1. The van der Waals surface area contributed by atoms with E-state index in [-0.39, 0.29) is 5.56 Å². The van der Waals surface area contributed by atoms with E-state index in [9.17, 15) is 18.0 Å². The quantitative estimate of drug-likeness (QED) is 0.755. The Hall–Kier alpha value is -3.16. The molecule has 5 nitrogen and oxygen atoms in total. The molecule has 8 heteroatoms. The van der Waals surface area contributed by atoms with E-state index >= 15 is 0 Å². The van der Waals surface area contributed by atoms with Crippen molar-refractivity contribution in [3.8, 4) is 0 Å². The number of benzene rings is 2. The normalized spacial score (nSPS) is 11.4. The molecule has 0 saturated heterocycles. The molecule has 134 valence electrons. The van der Waals surface area contributed by atoms with Gasteiger partial charge in [0.25, 0.3) is 5.91 Å². The number of halogens is 3. The first kappa shape index (κ1) is 17.7. The summed E-state index contributed by atoms with van der Waals surface area (Å²) in [5, 5.41) is 6.42. The lowest BCUT2D eigenvalue weighted by Crippen LogP contribution is -2.14. The fourth-order valence-electron chi connectivity index (χ4n) is 2.38. The Morgan fingerprint density at radius 2 is 1.81 bits per heavy atom. The van der Waals surface area contributed by atoms with Crippen molar-refractivity contribution in [2.75, 3.05) is 5.32 Å². The van der Waals surface area contributed by atoms with Crippen molar-refractivity contribution in [2.45, 2.75) is 19.5 Å². The van der Waals surface area contributed by atoms with Crippen LogP contribution < -0.4 is 5.32 Å². The van der Waals surface area contributed by atoms with E-state index in [0.29, 0.717) is 23.8 Å². The molecule has 0 atom stereocenters. The Bertz CT molecular complexity index is 918. The highest BCUT2D eigenvalue weighted by Gasteiger charge is 2.30. The molecule has 26 heavy (non-hydrogen) atoms. The molecule has 1 N–H and O–H groups in total. The predicted molar refractivity (Wildman–Crippen MR) is 87.7 cm³/mol. The summed E-state index contributed by atoms with van der Waals surface area (Å²) in [5.74, 6) is 0.401. The second kappa shape index (κ2) is 6.99. The summed E-state index contributed by atoms with van der Waals surface area (Å²) in [4.78, 5) is 16.5. The first-order valence-corrected chi connectivity index (χ1v) is 7.68. The molecule has 0 unspecified atom stereocenters. The number of aromatic nitrogens is 2. The summed E-state index contributed by atoms with van der Waals surface area (Å²) < 4.78 is 42.9. The standard InChI is InChI=1S/C18H14F3N3O2/c1-11-22-16(26-24-11)10-13-4-2-3-5-15(13)23-17(25)12-6-8-14(9-7-12)18(19,20)21/h2-9H,10H2,1H3,(H,23,25). The number of carbonyl (C=O) groups excluding carboxylic acids is 1. The van der Waals surface area contributed by atoms with Gasteiger partial charge in [0, 0.05) is 11.3 Å².